The number of guanidine groups is 1. The van der Waals surface area contributed by atoms with E-state index >= 15 is 0 Å². The fraction of sp³-hybridized carbons (Fsp3) is 0.459. The summed E-state index contributed by atoms with van der Waals surface area (Å²) in [5, 5.41) is 7.15. The fourth-order valence-corrected chi connectivity index (χ4v) is 5.02. The Morgan fingerprint density at radius 2 is 1.65 bits per heavy atom. The number of aliphatic imine (C=N–C) groups is 1. The molecule has 4 rings (SSSR count). The van der Waals surface area contributed by atoms with Crippen LogP contribution in [-0.2, 0) is 28.6 Å². The lowest BCUT2D eigenvalue weighted by atomic mass is 9.85. The van der Waals surface area contributed by atoms with E-state index in [1.165, 1.54) is 18.1 Å². The summed E-state index contributed by atoms with van der Waals surface area (Å²) < 4.78 is 1.58. The zero-order valence-electron chi connectivity index (χ0n) is 29.7. The third kappa shape index (κ3) is 12.0. The second-order valence-corrected chi connectivity index (χ2v) is 14.2. The average molecular weight is 658 g/mol. The zero-order chi connectivity index (χ0) is 35.5. The lowest BCUT2D eigenvalue weighted by Gasteiger charge is -2.21. The van der Waals surface area contributed by atoms with Crippen LogP contribution in [0.15, 0.2) is 64.5 Å². The minimum Gasteiger partial charge on any atom is -0.370 e. The number of fused-ring (bicyclic) bond motifs is 1. The van der Waals surface area contributed by atoms with Crippen molar-refractivity contribution >= 4 is 28.6 Å². The van der Waals surface area contributed by atoms with Gasteiger partial charge in [-0.25, -0.2) is 4.79 Å². The number of nitrogens with two attached hydrogens (primary N) is 3. The zero-order valence-corrected chi connectivity index (χ0v) is 29.7. The number of aromatic nitrogens is 3. The first-order valence-corrected chi connectivity index (χ1v) is 16.7. The maximum absolute atomic E-state index is 12.5. The van der Waals surface area contributed by atoms with Gasteiger partial charge in [-0.15, -0.1) is 0 Å². The molecule has 260 valence electrons. The molecular weight excluding hydrogens is 602 g/mol. The molecule has 2 heterocycles. The van der Waals surface area contributed by atoms with Crippen LogP contribution in [0.5, 0.6) is 0 Å². The molecule has 0 atom stereocenters. The van der Waals surface area contributed by atoms with E-state index in [1.807, 2.05) is 30.5 Å². The number of benzene rings is 2. The maximum atomic E-state index is 12.5. The van der Waals surface area contributed by atoms with Crippen molar-refractivity contribution in [3.8, 4) is 5.69 Å². The van der Waals surface area contributed by atoms with E-state index in [2.05, 4.69) is 91.4 Å². The quantitative estimate of drug-likeness (QED) is 0.0705. The van der Waals surface area contributed by atoms with Crippen molar-refractivity contribution in [2.24, 2.45) is 22.2 Å². The van der Waals surface area contributed by atoms with E-state index in [0.29, 0.717) is 12.2 Å². The molecule has 0 saturated carbocycles. The summed E-state index contributed by atoms with van der Waals surface area (Å²) >= 11 is 0. The van der Waals surface area contributed by atoms with Crippen molar-refractivity contribution in [2.75, 3.05) is 25.0 Å². The topological polar surface area (TPSA) is 182 Å². The molecule has 2 aromatic carbocycles. The number of rotatable bonds is 12. The van der Waals surface area contributed by atoms with Gasteiger partial charge < -0.3 is 32.8 Å². The molecular formula is C37H55N9O2. The van der Waals surface area contributed by atoms with E-state index in [-0.39, 0.29) is 28.4 Å². The van der Waals surface area contributed by atoms with Crippen molar-refractivity contribution < 1.29 is 4.79 Å². The van der Waals surface area contributed by atoms with Crippen LogP contribution in [0.2, 0.25) is 0 Å². The van der Waals surface area contributed by atoms with Gasteiger partial charge in [0.1, 0.15) is 5.65 Å². The number of amides is 1. The lowest BCUT2D eigenvalue weighted by molar-refractivity contribution is -0.114. The smallest absolute Gasteiger partial charge is 0.354 e. The Bertz CT molecular complexity index is 1720. The Morgan fingerprint density at radius 1 is 0.938 bits per heavy atom. The van der Waals surface area contributed by atoms with E-state index in [1.54, 1.807) is 4.57 Å². The van der Waals surface area contributed by atoms with Gasteiger partial charge in [0.15, 0.2) is 5.96 Å². The summed E-state index contributed by atoms with van der Waals surface area (Å²) in [5.74, 6) is 0.0942. The van der Waals surface area contributed by atoms with Crippen LogP contribution in [0.1, 0.15) is 90.1 Å². The average Bonchev–Trinajstić information content (AvgIpc) is 3.42. The molecule has 0 radical (unpaired) electrons. The van der Waals surface area contributed by atoms with Crippen molar-refractivity contribution in [3.05, 3.63) is 87.6 Å². The van der Waals surface area contributed by atoms with Gasteiger partial charge in [-0.3, -0.25) is 14.4 Å². The summed E-state index contributed by atoms with van der Waals surface area (Å²) in [6.45, 7) is 17.4. The molecule has 0 aliphatic heterocycles. The van der Waals surface area contributed by atoms with Crippen molar-refractivity contribution in [3.63, 3.8) is 0 Å². The number of nitrogens with zero attached hydrogens (tertiary/aromatic N) is 3. The molecule has 4 aromatic rings. The fourth-order valence-electron chi connectivity index (χ4n) is 5.02. The second-order valence-electron chi connectivity index (χ2n) is 14.2. The molecule has 0 spiro atoms. The van der Waals surface area contributed by atoms with Crippen molar-refractivity contribution in [1.82, 2.24) is 19.9 Å². The third-order valence-electron chi connectivity index (χ3n) is 7.76. The Labute approximate surface area is 284 Å². The van der Waals surface area contributed by atoms with Gasteiger partial charge in [-0.2, -0.15) is 4.98 Å². The Balaban J connectivity index is 0.000000286. The summed E-state index contributed by atoms with van der Waals surface area (Å²) in [6, 6.07) is 16.3. The summed E-state index contributed by atoms with van der Waals surface area (Å²) in [6.07, 6.45) is 5.84. The minimum atomic E-state index is -0.301. The van der Waals surface area contributed by atoms with E-state index < -0.39 is 0 Å². The van der Waals surface area contributed by atoms with Crippen LogP contribution in [0.25, 0.3) is 16.7 Å². The van der Waals surface area contributed by atoms with Crippen LogP contribution >= 0.6 is 0 Å². The molecule has 0 aliphatic rings. The summed E-state index contributed by atoms with van der Waals surface area (Å²) in [7, 11) is 0. The number of unbranched alkanes of at least 4 members (excludes halogenated alkanes) is 1. The summed E-state index contributed by atoms with van der Waals surface area (Å²) in [5.41, 5.74) is 22.9. The van der Waals surface area contributed by atoms with Gasteiger partial charge in [-0.05, 0) is 91.2 Å². The number of anilines is 1. The molecule has 0 bridgehead atoms. The van der Waals surface area contributed by atoms with Gasteiger partial charge >= 0.3 is 5.69 Å². The Morgan fingerprint density at radius 3 is 2.25 bits per heavy atom. The molecule has 11 heteroatoms. The van der Waals surface area contributed by atoms with Crippen LogP contribution in [0.3, 0.4) is 0 Å². The molecule has 9 N–H and O–H groups in total. The number of H-pyrrole nitrogens is 1. The highest BCUT2D eigenvalue weighted by molar-refractivity contribution is 5.88. The SMILES string of the molecule is CC(=O)Nc1cc(CCCCN)cc(C(C)(C)C)c1.CC(C)(C)c1cc2cn(-c3ccc(CNCCCN=C(N)N)cc3)c(=O)nc2[nH]1. The molecule has 48 heavy (non-hydrogen) atoms. The highest BCUT2D eigenvalue weighted by atomic mass is 16.1. The van der Waals surface area contributed by atoms with E-state index in [9.17, 15) is 9.59 Å². The van der Waals surface area contributed by atoms with E-state index in [4.69, 9.17) is 17.2 Å². The maximum Gasteiger partial charge on any atom is 0.354 e. The molecule has 2 aromatic heterocycles. The largest absolute Gasteiger partial charge is 0.370 e. The van der Waals surface area contributed by atoms with Crippen LogP contribution < -0.4 is 33.5 Å². The summed E-state index contributed by atoms with van der Waals surface area (Å²) in [4.78, 5) is 35.1. The number of hydrogen-bond acceptors (Lipinski definition) is 6. The molecule has 0 saturated heterocycles. The van der Waals surface area contributed by atoms with E-state index in [0.717, 1.165) is 73.3 Å². The highest BCUT2D eigenvalue weighted by Crippen LogP contribution is 2.28. The minimum absolute atomic E-state index is 0.0287. The highest BCUT2D eigenvalue weighted by Gasteiger charge is 2.18. The van der Waals surface area contributed by atoms with Gasteiger partial charge in [-0.1, -0.05) is 59.7 Å². The molecule has 11 nitrogen and oxygen atoms in total. The number of nitrogens with one attached hydrogen (secondary N) is 3. The van der Waals surface area contributed by atoms with Crippen LogP contribution in [0.4, 0.5) is 5.69 Å². The van der Waals surface area contributed by atoms with Crippen LogP contribution in [0, 0.1) is 0 Å². The predicted molar refractivity (Wildman–Crippen MR) is 199 cm³/mol. The van der Waals surface area contributed by atoms with Gasteiger partial charge in [0.2, 0.25) is 5.91 Å². The molecule has 0 aliphatic carbocycles. The first kappa shape index (κ1) is 38.0. The molecule has 0 unspecified atom stereocenters. The monoisotopic (exact) mass is 657 g/mol. The molecule has 0 fully saturated rings. The predicted octanol–water partition coefficient (Wildman–Crippen LogP) is 4.99. The van der Waals surface area contributed by atoms with Crippen LogP contribution in [-0.4, -0.2) is 46.0 Å². The van der Waals surface area contributed by atoms with Crippen molar-refractivity contribution in [1.29, 1.82) is 0 Å². The normalized spacial score (nSPS) is 11.6. The first-order chi connectivity index (χ1) is 22.6. The first-order valence-electron chi connectivity index (χ1n) is 16.7. The Kier molecular flexibility index (Phi) is 13.5. The third-order valence-corrected chi connectivity index (χ3v) is 7.76. The number of aryl methyl sites for hydroxylation is 1. The van der Waals surface area contributed by atoms with Crippen molar-refractivity contribution in [2.45, 2.75) is 91.5 Å². The number of hydrogen-bond donors (Lipinski definition) is 6. The molecule has 1 amide bonds. The second kappa shape index (κ2) is 17.1. The number of carbonyl (C=O) groups is 1. The lowest BCUT2D eigenvalue weighted by Crippen LogP contribution is -2.23. The number of aromatic amines is 1. The van der Waals surface area contributed by atoms with Gasteiger partial charge in [0, 0.05) is 48.4 Å². The Hall–Kier alpha value is -4.48. The number of carbonyl (C=O) groups excluding carboxylic acids is 1. The standard InChI is InChI=1S/C21H29N7O.C16H26N2O/c1-21(2,3)17-11-15-13-28(20(29)27-18(15)26-17)16-7-5-14(6-8-16)12-24-9-4-10-25-19(22)23;1-12(19)18-15-10-13(7-5-6-8-17)9-14(11-15)16(2,3)4/h5-8,11,13,24H,4,9-10,12H2,1-3H3,(H4,22,23,25)(H,26,27,29);9-11H,5-8,17H2,1-4H3,(H,18,19). The van der Waals surface area contributed by atoms with Gasteiger partial charge in [0.05, 0.1) is 5.69 Å². The van der Waals surface area contributed by atoms with Gasteiger partial charge in [0.25, 0.3) is 0 Å².